The first kappa shape index (κ1) is 22.0. The lowest BCUT2D eigenvalue weighted by atomic mass is 10.00. The largest absolute Gasteiger partial charge is 0.483 e. The molecule has 2 N–H and O–H groups in total. The molecule has 0 radical (unpaired) electrons. The van der Waals surface area contributed by atoms with E-state index in [0.29, 0.717) is 5.92 Å². The SMILES string of the molecule is C/C(=N/NC(=O)COc1ccc(C)cc1C(C)C)c1ccc2c(c1)Nc1ccccc1S2. The van der Waals surface area contributed by atoms with Gasteiger partial charge in [0.15, 0.2) is 6.61 Å². The van der Waals surface area contributed by atoms with E-state index in [0.717, 1.165) is 38.9 Å². The molecule has 0 saturated carbocycles. The summed E-state index contributed by atoms with van der Waals surface area (Å²) >= 11 is 1.74. The molecule has 32 heavy (non-hydrogen) atoms. The van der Waals surface area contributed by atoms with Crippen molar-refractivity contribution in [2.24, 2.45) is 5.10 Å². The Morgan fingerprint density at radius 1 is 1.06 bits per heavy atom. The van der Waals surface area contributed by atoms with Gasteiger partial charge in [-0.1, -0.05) is 61.5 Å². The van der Waals surface area contributed by atoms with Gasteiger partial charge in [-0.2, -0.15) is 5.10 Å². The number of rotatable bonds is 6. The highest BCUT2D eigenvalue weighted by Crippen LogP contribution is 2.44. The van der Waals surface area contributed by atoms with Gasteiger partial charge in [0.1, 0.15) is 5.75 Å². The highest BCUT2D eigenvalue weighted by atomic mass is 32.2. The number of nitrogens with zero attached hydrogens (tertiary/aromatic N) is 1. The maximum atomic E-state index is 12.3. The summed E-state index contributed by atoms with van der Waals surface area (Å²) in [6, 6.07) is 20.4. The van der Waals surface area contributed by atoms with E-state index in [1.165, 1.54) is 10.5 Å². The molecule has 0 bridgehead atoms. The molecule has 1 amide bonds. The number of hydrogen-bond donors (Lipinski definition) is 2. The number of carbonyl (C=O) groups is 1. The molecule has 1 aliphatic rings. The number of amides is 1. The van der Waals surface area contributed by atoms with Crippen molar-refractivity contribution in [2.45, 2.75) is 43.4 Å². The van der Waals surface area contributed by atoms with Crippen LogP contribution in [0, 0.1) is 6.92 Å². The summed E-state index contributed by atoms with van der Waals surface area (Å²) in [5.74, 6) is 0.760. The summed E-state index contributed by atoms with van der Waals surface area (Å²) in [7, 11) is 0. The van der Waals surface area contributed by atoms with Gasteiger partial charge in [-0.25, -0.2) is 5.43 Å². The third-order valence-corrected chi connectivity index (χ3v) is 6.42. The van der Waals surface area contributed by atoms with Gasteiger partial charge in [0.2, 0.25) is 0 Å². The van der Waals surface area contributed by atoms with Crippen LogP contribution in [0.25, 0.3) is 0 Å². The minimum absolute atomic E-state index is 0.0846. The zero-order valence-corrected chi connectivity index (χ0v) is 19.5. The lowest BCUT2D eigenvalue weighted by Gasteiger charge is -2.21. The quantitative estimate of drug-likeness (QED) is 0.272. The van der Waals surface area contributed by atoms with Crippen molar-refractivity contribution in [2.75, 3.05) is 11.9 Å². The van der Waals surface area contributed by atoms with Crippen molar-refractivity contribution in [3.63, 3.8) is 0 Å². The van der Waals surface area contributed by atoms with Crippen LogP contribution < -0.4 is 15.5 Å². The predicted molar refractivity (Wildman–Crippen MR) is 131 cm³/mol. The first-order valence-electron chi connectivity index (χ1n) is 10.7. The topological polar surface area (TPSA) is 62.7 Å². The normalized spacial score (nSPS) is 12.6. The van der Waals surface area contributed by atoms with E-state index in [1.54, 1.807) is 11.8 Å². The second kappa shape index (κ2) is 9.49. The van der Waals surface area contributed by atoms with E-state index in [1.807, 2.05) is 44.2 Å². The van der Waals surface area contributed by atoms with Crippen LogP contribution in [-0.4, -0.2) is 18.2 Å². The van der Waals surface area contributed by atoms with Gasteiger partial charge in [0.05, 0.1) is 17.1 Å². The second-order valence-corrected chi connectivity index (χ2v) is 9.23. The molecule has 1 heterocycles. The first-order chi connectivity index (χ1) is 15.4. The van der Waals surface area contributed by atoms with Crippen LogP contribution in [0.4, 0.5) is 11.4 Å². The Hall–Kier alpha value is -3.25. The van der Waals surface area contributed by atoms with Crippen LogP contribution in [-0.2, 0) is 4.79 Å². The smallest absolute Gasteiger partial charge is 0.277 e. The Labute approximate surface area is 193 Å². The fourth-order valence-corrected chi connectivity index (χ4v) is 4.47. The molecule has 3 aromatic carbocycles. The molecular weight excluding hydrogens is 418 g/mol. The number of hydrogen-bond acceptors (Lipinski definition) is 5. The lowest BCUT2D eigenvalue weighted by Crippen LogP contribution is -2.26. The van der Waals surface area contributed by atoms with Crippen molar-refractivity contribution in [3.8, 4) is 5.75 Å². The van der Waals surface area contributed by atoms with Crippen molar-refractivity contribution in [1.82, 2.24) is 5.43 Å². The fourth-order valence-electron chi connectivity index (χ4n) is 3.50. The van der Waals surface area contributed by atoms with Gasteiger partial charge in [-0.05, 0) is 61.2 Å². The first-order valence-corrected chi connectivity index (χ1v) is 11.5. The highest BCUT2D eigenvalue weighted by molar-refractivity contribution is 7.99. The molecule has 0 aliphatic carbocycles. The summed E-state index contributed by atoms with van der Waals surface area (Å²) in [6.45, 7) is 8.07. The number of aryl methyl sites for hydroxylation is 1. The number of fused-ring (bicyclic) bond motifs is 2. The van der Waals surface area contributed by atoms with E-state index in [9.17, 15) is 4.79 Å². The van der Waals surface area contributed by atoms with Crippen LogP contribution >= 0.6 is 11.8 Å². The third kappa shape index (κ3) is 4.97. The Bertz CT molecular complexity index is 1190. The van der Waals surface area contributed by atoms with E-state index >= 15 is 0 Å². The summed E-state index contributed by atoms with van der Waals surface area (Å²) < 4.78 is 5.77. The summed E-state index contributed by atoms with van der Waals surface area (Å²) in [6.07, 6.45) is 0. The fraction of sp³-hybridized carbons (Fsp3) is 0.231. The second-order valence-electron chi connectivity index (χ2n) is 8.15. The van der Waals surface area contributed by atoms with Crippen LogP contribution in [0.1, 0.15) is 43.4 Å². The Morgan fingerprint density at radius 3 is 2.66 bits per heavy atom. The van der Waals surface area contributed by atoms with Crippen LogP contribution in [0.15, 0.2) is 75.6 Å². The maximum Gasteiger partial charge on any atom is 0.277 e. The van der Waals surface area contributed by atoms with Crippen LogP contribution in [0.3, 0.4) is 0 Å². The Balaban J connectivity index is 1.39. The number of hydrazone groups is 1. The Kier molecular flexibility index (Phi) is 6.51. The van der Waals surface area contributed by atoms with Gasteiger partial charge < -0.3 is 10.1 Å². The van der Waals surface area contributed by atoms with E-state index in [4.69, 9.17) is 4.74 Å². The number of ether oxygens (including phenoxy) is 1. The molecular formula is C26H27N3O2S. The van der Waals surface area contributed by atoms with Gasteiger partial charge in [0.25, 0.3) is 5.91 Å². The van der Waals surface area contributed by atoms with Gasteiger partial charge in [-0.3, -0.25) is 4.79 Å². The molecule has 0 unspecified atom stereocenters. The number of para-hydroxylation sites is 1. The Morgan fingerprint density at radius 2 is 1.84 bits per heavy atom. The zero-order chi connectivity index (χ0) is 22.7. The minimum Gasteiger partial charge on any atom is -0.483 e. The number of benzene rings is 3. The van der Waals surface area contributed by atoms with Crippen LogP contribution in [0.5, 0.6) is 5.75 Å². The number of anilines is 2. The monoisotopic (exact) mass is 445 g/mol. The molecule has 0 spiro atoms. The molecule has 0 saturated heterocycles. The van der Waals surface area contributed by atoms with Gasteiger partial charge >= 0.3 is 0 Å². The van der Waals surface area contributed by atoms with E-state index < -0.39 is 0 Å². The minimum atomic E-state index is -0.291. The van der Waals surface area contributed by atoms with Crippen molar-refractivity contribution in [1.29, 1.82) is 0 Å². The summed E-state index contributed by atoms with van der Waals surface area (Å²) in [5, 5.41) is 7.75. The highest BCUT2D eigenvalue weighted by Gasteiger charge is 2.16. The number of carbonyl (C=O) groups excluding carboxylic acids is 1. The zero-order valence-electron chi connectivity index (χ0n) is 18.7. The van der Waals surface area contributed by atoms with Crippen molar-refractivity contribution >= 4 is 34.8 Å². The predicted octanol–water partition coefficient (Wildman–Crippen LogP) is 6.25. The molecule has 0 fully saturated rings. The molecule has 1 aliphatic heterocycles. The van der Waals surface area contributed by atoms with Gasteiger partial charge in [0, 0.05) is 9.79 Å². The molecule has 6 heteroatoms. The number of nitrogens with one attached hydrogen (secondary N) is 2. The van der Waals surface area contributed by atoms with E-state index in [2.05, 4.69) is 60.0 Å². The molecule has 164 valence electrons. The average Bonchev–Trinajstić information content (AvgIpc) is 2.79. The molecule has 0 atom stereocenters. The standard InChI is InChI=1S/C26H27N3O2S/c1-16(2)20-13-17(3)9-11-23(20)31-15-26(30)29-28-18(4)19-10-12-25-22(14-19)27-21-7-5-6-8-24(21)32-25/h5-14,16,27H,15H2,1-4H3,(H,29,30)/b28-18-. The molecule has 5 nitrogen and oxygen atoms in total. The van der Waals surface area contributed by atoms with Crippen LogP contribution in [0.2, 0.25) is 0 Å². The molecule has 3 aromatic rings. The molecule has 4 rings (SSSR count). The lowest BCUT2D eigenvalue weighted by molar-refractivity contribution is -0.123. The van der Waals surface area contributed by atoms with Crippen molar-refractivity contribution < 1.29 is 9.53 Å². The average molecular weight is 446 g/mol. The summed E-state index contributed by atoms with van der Waals surface area (Å²) in [4.78, 5) is 14.7. The third-order valence-electron chi connectivity index (χ3n) is 5.27. The summed E-state index contributed by atoms with van der Waals surface area (Å²) in [5.41, 5.74) is 8.68. The maximum absolute atomic E-state index is 12.3. The van der Waals surface area contributed by atoms with E-state index in [-0.39, 0.29) is 12.5 Å². The van der Waals surface area contributed by atoms with Crippen molar-refractivity contribution in [3.05, 3.63) is 77.4 Å². The van der Waals surface area contributed by atoms with Gasteiger partial charge in [-0.15, -0.1) is 0 Å². The molecule has 0 aromatic heterocycles.